The fourth-order valence-corrected chi connectivity index (χ4v) is 6.13. The molecule has 0 saturated carbocycles. The number of aryl methyl sites for hydroxylation is 1. The first-order chi connectivity index (χ1) is 15.4. The van der Waals surface area contributed by atoms with Crippen LogP contribution in [0, 0.1) is 0 Å². The number of rotatable bonds is 8. The second kappa shape index (κ2) is 9.93. The summed E-state index contributed by atoms with van der Waals surface area (Å²) in [7, 11) is -1.87. The summed E-state index contributed by atoms with van der Waals surface area (Å²) in [5.41, 5.74) is 2.05. The Morgan fingerprint density at radius 1 is 1.22 bits per heavy atom. The molecular formula is C22H26N4O4S2. The number of amides is 1. The molecule has 0 atom stereocenters. The van der Waals surface area contributed by atoms with Crippen LogP contribution in [-0.2, 0) is 16.4 Å². The van der Waals surface area contributed by atoms with Crippen LogP contribution in [-0.4, -0.2) is 71.9 Å². The van der Waals surface area contributed by atoms with Gasteiger partial charge in [-0.1, -0.05) is 35.5 Å². The first-order valence-electron chi connectivity index (χ1n) is 10.5. The summed E-state index contributed by atoms with van der Waals surface area (Å²) in [6.45, 7) is 1.49. The van der Waals surface area contributed by atoms with Crippen LogP contribution < -0.4 is 0 Å². The number of hydrogen-bond donors (Lipinski definition) is 1. The lowest BCUT2D eigenvalue weighted by Gasteiger charge is -2.24. The Morgan fingerprint density at radius 2 is 1.97 bits per heavy atom. The van der Waals surface area contributed by atoms with Crippen molar-refractivity contribution in [3.63, 3.8) is 0 Å². The van der Waals surface area contributed by atoms with Crippen LogP contribution in [0.1, 0.15) is 22.7 Å². The third kappa shape index (κ3) is 5.08. The number of aromatic nitrogens is 2. The molecule has 32 heavy (non-hydrogen) atoms. The highest BCUT2D eigenvalue weighted by Gasteiger charge is 2.28. The third-order valence-corrected chi connectivity index (χ3v) is 8.21. The number of sulfonamides is 1. The zero-order valence-corrected chi connectivity index (χ0v) is 19.5. The highest BCUT2D eigenvalue weighted by Crippen LogP contribution is 2.22. The maximum absolute atomic E-state index is 12.8. The number of benzene rings is 1. The number of carbonyl (C=O) groups excluding carboxylic acids is 1. The van der Waals surface area contributed by atoms with Crippen LogP contribution in [0.15, 0.2) is 58.1 Å². The molecule has 0 aliphatic carbocycles. The van der Waals surface area contributed by atoms with E-state index in [2.05, 4.69) is 10.1 Å². The summed E-state index contributed by atoms with van der Waals surface area (Å²) in [5.74, 6) is 2.09. The zero-order chi connectivity index (χ0) is 22.6. The molecule has 1 amide bonds. The molecule has 3 heterocycles. The van der Waals surface area contributed by atoms with Gasteiger partial charge in [0.05, 0.1) is 0 Å². The minimum absolute atomic E-state index is 0.135. The van der Waals surface area contributed by atoms with Crippen molar-refractivity contribution in [1.29, 1.82) is 0 Å². The summed E-state index contributed by atoms with van der Waals surface area (Å²) < 4.78 is 32.5. The number of carbonyl (C=O) groups is 1. The molecule has 1 saturated heterocycles. The molecular weight excluding hydrogens is 448 g/mol. The van der Waals surface area contributed by atoms with Crippen molar-refractivity contribution in [3.8, 4) is 11.3 Å². The molecule has 4 rings (SSSR count). The SMILES string of the molecule is CN(CCCc1cc(-c2ccccc2)no1)C(=O)c1cc(S(=O)(=O)N2CCSCC2)c[nH]1. The van der Waals surface area contributed by atoms with Crippen molar-refractivity contribution in [2.45, 2.75) is 17.7 Å². The van der Waals surface area contributed by atoms with E-state index in [-0.39, 0.29) is 16.5 Å². The van der Waals surface area contributed by atoms with Gasteiger partial charge in [0.25, 0.3) is 5.91 Å². The van der Waals surface area contributed by atoms with Crippen molar-refractivity contribution in [3.05, 3.63) is 60.1 Å². The Labute approximate surface area is 192 Å². The lowest BCUT2D eigenvalue weighted by Crippen LogP contribution is -2.37. The van der Waals surface area contributed by atoms with E-state index in [0.717, 1.165) is 28.5 Å². The fraction of sp³-hybridized carbons (Fsp3) is 0.364. The van der Waals surface area contributed by atoms with Gasteiger partial charge in [-0.2, -0.15) is 16.1 Å². The van der Waals surface area contributed by atoms with E-state index in [1.807, 2.05) is 36.4 Å². The summed E-state index contributed by atoms with van der Waals surface area (Å²) >= 11 is 1.74. The van der Waals surface area contributed by atoms with E-state index in [4.69, 9.17) is 4.52 Å². The normalized spacial score (nSPS) is 15.0. The molecule has 3 aromatic rings. The van der Waals surface area contributed by atoms with Crippen LogP contribution in [0.4, 0.5) is 0 Å². The van der Waals surface area contributed by atoms with E-state index >= 15 is 0 Å². The Hall–Kier alpha value is -2.56. The molecule has 2 aromatic heterocycles. The van der Waals surface area contributed by atoms with Crippen molar-refractivity contribution >= 4 is 27.7 Å². The van der Waals surface area contributed by atoms with Crippen molar-refractivity contribution in [2.24, 2.45) is 0 Å². The molecule has 1 aromatic carbocycles. The van der Waals surface area contributed by atoms with Crippen LogP contribution >= 0.6 is 11.8 Å². The number of nitrogens with zero attached hydrogens (tertiary/aromatic N) is 3. The van der Waals surface area contributed by atoms with Gasteiger partial charge in [-0.25, -0.2) is 8.42 Å². The monoisotopic (exact) mass is 474 g/mol. The van der Waals surface area contributed by atoms with Crippen molar-refractivity contribution in [1.82, 2.24) is 19.3 Å². The molecule has 1 aliphatic heterocycles. The Bertz CT molecular complexity index is 1150. The lowest BCUT2D eigenvalue weighted by atomic mass is 10.1. The number of thioether (sulfide) groups is 1. The molecule has 1 fully saturated rings. The standard InChI is InChI=1S/C22H26N4O4S2/c1-25(9-5-8-18-14-20(24-30-18)17-6-3-2-4-7-17)22(27)21-15-19(16-23-21)32(28,29)26-10-12-31-13-11-26/h2-4,6-7,14-16,23H,5,8-13H2,1H3. The van der Waals surface area contributed by atoms with Gasteiger partial charge in [0.1, 0.15) is 22.0 Å². The second-order valence-corrected chi connectivity index (χ2v) is 10.8. The van der Waals surface area contributed by atoms with Crippen molar-refractivity contribution in [2.75, 3.05) is 38.2 Å². The van der Waals surface area contributed by atoms with Gasteiger partial charge in [-0.15, -0.1) is 0 Å². The number of hydrogen-bond acceptors (Lipinski definition) is 6. The summed E-state index contributed by atoms with van der Waals surface area (Å²) in [4.78, 5) is 17.3. The summed E-state index contributed by atoms with van der Waals surface area (Å²) in [6, 6.07) is 13.1. The lowest BCUT2D eigenvalue weighted by molar-refractivity contribution is 0.0787. The predicted octanol–water partition coefficient (Wildman–Crippen LogP) is 3.11. The van der Waals surface area contributed by atoms with E-state index in [1.54, 1.807) is 23.7 Å². The van der Waals surface area contributed by atoms with Crippen LogP contribution in [0.2, 0.25) is 0 Å². The summed E-state index contributed by atoms with van der Waals surface area (Å²) in [5, 5.41) is 4.11. The Morgan fingerprint density at radius 3 is 2.72 bits per heavy atom. The molecule has 0 unspecified atom stereocenters. The maximum Gasteiger partial charge on any atom is 0.270 e. The Kier molecular flexibility index (Phi) is 7.02. The first kappa shape index (κ1) is 22.6. The largest absolute Gasteiger partial charge is 0.361 e. The Balaban J connectivity index is 1.31. The zero-order valence-electron chi connectivity index (χ0n) is 17.9. The highest BCUT2D eigenvalue weighted by atomic mass is 32.2. The minimum Gasteiger partial charge on any atom is -0.361 e. The number of aromatic amines is 1. The van der Waals surface area contributed by atoms with Gasteiger partial charge in [0.15, 0.2) is 0 Å². The van der Waals surface area contributed by atoms with Gasteiger partial charge in [0, 0.05) is 62.4 Å². The highest BCUT2D eigenvalue weighted by molar-refractivity contribution is 7.99. The third-order valence-electron chi connectivity index (χ3n) is 5.39. The van der Waals surface area contributed by atoms with Gasteiger partial charge in [-0.05, 0) is 12.5 Å². The van der Waals surface area contributed by atoms with Crippen LogP contribution in [0.25, 0.3) is 11.3 Å². The average molecular weight is 475 g/mol. The molecule has 0 bridgehead atoms. The summed E-state index contributed by atoms with van der Waals surface area (Å²) in [6.07, 6.45) is 2.75. The van der Waals surface area contributed by atoms with E-state index in [9.17, 15) is 13.2 Å². The van der Waals surface area contributed by atoms with Crippen molar-refractivity contribution < 1.29 is 17.7 Å². The smallest absolute Gasteiger partial charge is 0.270 e. The van der Waals surface area contributed by atoms with Gasteiger partial charge >= 0.3 is 0 Å². The van der Waals surface area contributed by atoms with Gasteiger partial charge in [-0.3, -0.25) is 4.79 Å². The first-order valence-corrected chi connectivity index (χ1v) is 13.1. The molecule has 8 nitrogen and oxygen atoms in total. The number of H-pyrrole nitrogens is 1. The minimum atomic E-state index is -3.58. The van der Waals surface area contributed by atoms with Crippen LogP contribution in [0.3, 0.4) is 0 Å². The second-order valence-electron chi connectivity index (χ2n) is 7.64. The fourth-order valence-electron chi connectivity index (χ4n) is 3.56. The van der Waals surface area contributed by atoms with Crippen LogP contribution in [0.5, 0.6) is 0 Å². The topological polar surface area (TPSA) is 99.5 Å². The van der Waals surface area contributed by atoms with Gasteiger partial charge in [0.2, 0.25) is 10.0 Å². The molecule has 10 heteroatoms. The maximum atomic E-state index is 12.8. The quantitative estimate of drug-likeness (QED) is 0.539. The predicted molar refractivity (Wildman–Crippen MR) is 124 cm³/mol. The van der Waals surface area contributed by atoms with E-state index in [1.165, 1.54) is 16.6 Å². The van der Waals surface area contributed by atoms with E-state index in [0.29, 0.717) is 32.5 Å². The molecule has 170 valence electrons. The molecule has 0 spiro atoms. The molecule has 1 aliphatic rings. The molecule has 0 radical (unpaired) electrons. The van der Waals surface area contributed by atoms with Gasteiger partial charge < -0.3 is 14.4 Å². The average Bonchev–Trinajstić information content (AvgIpc) is 3.50. The van der Waals surface area contributed by atoms with E-state index < -0.39 is 10.0 Å². The number of nitrogens with one attached hydrogen (secondary N) is 1. The molecule has 1 N–H and O–H groups in total.